The average molecular weight is 912 g/mol. The number of azide groups is 4. The fourth-order valence-corrected chi connectivity index (χ4v) is 8.08. The van der Waals surface area contributed by atoms with E-state index in [2.05, 4.69) is 40.1 Å². The molecule has 1 saturated carbocycles. The molecule has 350 valence electrons. The van der Waals surface area contributed by atoms with E-state index in [0.717, 1.165) is 11.1 Å². The van der Waals surface area contributed by atoms with Crippen LogP contribution in [-0.4, -0.2) is 165 Å². The number of ether oxygens (including phenoxy) is 7. The zero-order valence-electron chi connectivity index (χ0n) is 34.5. The van der Waals surface area contributed by atoms with Crippen molar-refractivity contribution in [3.63, 3.8) is 0 Å². The van der Waals surface area contributed by atoms with Gasteiger partial charge in [0.2, 0.25) is 0 Å². The van der Waals surface area contributed by atoms with Gasteiger partial charge < -0.3 is 68.7 Å². The number of amides is 1. The molecule has 17 atom stereocenters. The Balaban J connectivity index is 1.21. The molecule has 27 heteroatoms. The molecule has 3 aliphatic heterocycles. The number of hydrogen-bond acceptors (Lipinski definition) is 18. The Morgan fingerprint density at radius 1 is 0.677 bits per heavy atom. The molecule has 17 unspecified atom stereocenters. The number of carbonyl (C=O) groups is 1. The molecule has 0 spiro atoms. The highest BCUT2D eigenvalue weighted by molar-refractivity contribution is 5.67. The largest absolute Gasteiger partial charge is 0.445 e. The van der Waals surface area contributed by atoms with Crippen molar-refractivity contribution in [2.45, 2.75) is 137 Å². The standard InChI is InChI=1S/C38H49N13O14/c39-47-43-14-25-29(55)30(56)27(46-50-42)36(61-25)64-33-26(17-52)62-37(31(33)57)65-34-28(54)22(44-48-40)13-23(45-49-41)32(34)63-35-24(53)12-11-21(60-35)16-51(15-19-7-3-1-4-8-19)38(58)59-18-20-9-5-2-6-10-20/h1-10,21-37,52-57H,11-18H2. The molecule has 3 heterocycles. The average Bonchev–Trinajstić information content (AvgIpc) is 3.61. The Bertz CT molecular complexity index is 2060. The molecular formula is C38H49N13O14. The van der Waals surface area contributed by atoms with Gasteiger partial charge in [-0.2, -0.15) is 0 Å². The van der Waals surface area contributed by atoms with Crippen molar-refractivity contribution in [1.82, 2.24) is 4.90 Å². The molecule has 65 heavy (non-hydrogen) atoms. The van der Waals surface area contributed by atoms with Crippen molar-refractivity contribution in [3.8, 4) is 0 Å². The van der Waals surface area contributed by atoms with E-state index in [4.69, 9.17) is 38.7 Å². The lowest BCUT2D eigenvalue weighted by molar-refractivity contribution is -0.303. The summed E-state index contributed by atoms with van der Waals surface area (Å²) in [6, 6.07) is 14.1. The van der Waals surface area contributed by atoms with Gasteiger partial charge in [0.1, 0.15) is 49.3 Å². The van der Waals surface area contributed by atoms with E-state index in [9.17, 15) is 52.0 Å². The van der Waals surface area contributed by atoms with E-state index in [1.165, 1.54) is 4.90 Å². The third-order valence-corrected chi connectivity index (χ3v) is 11.4. The van der Waals surface area contributed by atoms with Crippen LogP contribution in [-0.2, 0) is 46.3 Å². The van der Waals surface area contributed by atoms with Gasteiger partial charge in [0.05, 0.1) is 62.3 Å². The van der Waals surface area contributed by atoms with Crippen LogP contribution in [0.25, 0.3) is 41.8 Å². The summed E-state index contributed by atoms with van der Waals surface area (Å²) in [7, 11) is 0. The first kappa shape index (κ1) is 48.9. The molecule has 3 saturated heterocycles. The van der Waals surface area contributed by atoms with Gasteiger partial charge in [-0.3, -0.25) is 0 Å². The number of aliphatic hydroxyl groups is 6. The zero-order chi connectivity index (χ0) is 46.5. The first-order valence-electron chi connectivity index (χ1n) is 20.6. The zero-order valence-corrected chi connectivity index (χ0v) is 34.5. The lowest BCUT2D eigenvalue weighted by Crippen LogP contribution is -2.61. The number of rotatable bonds is 18. The van der Waals surface area contributed by atoms with E-state index in [0.29, 0.717) is 0 Å². The Morgan fingerprint density at radius 3 is 1.97 bits per heavy atom. The highest BCUT2D eigenvalue weighted by Crippen LogP contribution is 2.37. The highest BCUT2D eigenvalue weighted by Gasteiger charge is 2.54. The minimum absolute atomic E-state index is 0.00647. The van der Waals surface area contributed by atoms with E-state index in [-0.39, 0.29) is 39.0 Å². The molecule has 0 aromatic heterocycles. The number of hydrogen-bond donors (Lipinski definition) is 6. The number of aliphatic hydroxyl groups excluding tert-OH is 6. The monoisotopic (exact) mass is 911 g/mol. The minimum Gasteiger partial charge on any atom is -0.445 e. The van der Waals surface area contributed by atoms with E-state index in [1.807, 2.05) is 60.7 Å². The van der Waals surface area contributed by atoms with Crippen LogP contribution >= 0.6 is 0 Å². The normalized spacial score (nSPS) is 35.6. The van der Waals surface area contributed by atoms with Gasteiger partial charge in [0, 0.05) is 26.2 Å². The second kappa shape index (κ2) is 23.6. The molecular weight excluding hydrogens is 862 g/mol. The molecule has 6 rings (SSSR count). The molecule has 1 amide bonds. The van der Waals surface area contributed by atoms with Gasteiger partial charge >= 0.3 is 6.09 Å². The first-order valence-corrected chi connectivity index (χ1v) is 20.6. The fourth-order valence-electron chi connectivity index (χ4n) is 8.08. The van der Waals surface area contributed by atoms with Crippen LogP contribution in [0, 0.1) is 0 Å². The van der Waals surface area contributed by atoms with Crippen molar-refractivity contribution in [2.24, 2.45) is 20.5 Å². The predicted molar refractivity (Wildman–Crippen MR) is 218 cm³/mol. The van der Waals surface area contributed by atoms with Crippen molar-refractivity contribution < 1.29 is 68.6 Å². The van der Waals surface area contributed by atoms with Gasteiger partial charge in [-0.1, -0.05) is 81.1 Å². The van der Waals surface area contributed by atoms with E-state index in [1.54, 1.807) is 0 Å². The topological polar surface area (TPSA) is 401 Å². The molecule has 1 aliphatic carbocycles. The predicted octanol–water partition coefficient (Wildman–Crippen LogP) is 2.48. The molecule has 4 fully saturated rings. The highest BCUT2D eigenvalue weighted by atomic mass is 16.8. The number of nitrogens with zero attached hydrogens (tertiary/aromatic N) is 13. The first-order chi connectivity index (χ1) is 31.5. The van der Waals surface area contributed by atoms with E-state index >= 15 is 0 Å². The second-order valence-electron chi connectivity index (χ2n) is 15.6. The van der Waals surface area contributed by atoms with Gasteiger partial charge in [0.25, 0.3) is 0 Å². The Morgan fingerprint density at radius 2 is 1.31 bits per heavy atom. The van der Waals surface area contributed by atoms with Crippen LogP contribution in [0.3, 0.4) is 0 Å². The summed E-state index contributed by atoms with van der Waals surface area (Å²) in [5.74, 6) is 0. The Hall–Kier alpha value is -5.53. The van der Waals surface area contributed by atoms with Crippen LogP contribution < -0.4 is 0 Å². The summed E-state index contributed by atoms with van der Waals surface area (Å²) >= 11 is 0. The van der Waals surface area contributed by atoms with Crippen molar-refractivity contribution >= 4 is 6.09 Å². The van der Waals surface area contributed by atoms with Gasteiger partial charge in [-0.15, -0.1) is 0 Å². The summed E-state index contributed by atoms with van der Waals surface area (Å²) in [6.45, 7) is -1.17. The third-order valence-electron chi connectivity index (χ3n) is 11.4. The van der Waals surface area contributed by atoms with Gasteiger partial charge in [-0.25, -0.2) is 4.79 Å². The lowest BCUT2D eigenvalue weighted by atomic mass is 9.84. The lowest BCUT2D eigenvalue weighted by Gasteiger charge is -2.45. The maximum Gasteiger partial charge on any atom is 0.410 e. The SMILES string of the molecule is [N-]=[N+]=NCC1OC(OC2C(CO)OC(OC3C(O)C(N=[N+]=[N-])CC(N=[N+]=[N-])C3OC3OC(CN(Cc4ccccc4)C(=O)OCc4ccccc4)CCC3O)C2O)C(N=[N+]=[N-])C(O)C1O. The van der Waals surface area contributed by atoms with Crippen LogP contribution in [0.4, 0.5) is 4.79 Å². The van der Waals surface area contributed by atoms with Crippen molar-refractivity contribution in [1.29, 1.82) is 0 Å². The summed E-state index contributed by atoms with van der Waals surface area (Å²) in [5, 5.41) is 80.3. The molecule has 2 aromatic carbocycles. The maximum absolute atomic E-state index is 13.6. The number of benzene rings is 2. The quantitative estimate of drug-likeness (QED) is 0.0711. The molecule has 4 aliphatic rings. The van der Waals surface area contributed by atoms with Crippen LogP contribution in [0.15, 0.2) is 81.1 Å². The molecule has 0 radical (unpaired) electrons. The molecule has 2 aromatic rings. The summed E-state index contributed by atoms with van der Waals surface area (Å²) in [5.41, 5.74) is 38.5. The van der Waals surface area contributed by atoms with Gasteiger partial charge in [0.15, 0.2) is 18.9 Å². The summed E-state index contributed by atoms with van der Waals surface area (Å²) in [6.07, 6.45) is -22.2. The van der Waals surface area contributed by atoms with E-state index < -0.39 is 123 Å². The molecule has 6 N–H and O–H groups in total. The summed E-state index contributed by atoms with van der Waals surface area (Å²) < 4.78 is 41.7. The molecule has 27 nitrogen and oxygen atoms in total. The van der Waals surface area contributed by atoms with Crippen LogP contribution in [0.2, 0.25) is 0 Å². The fraction of sp³-hybridized carbons (Fsp3) is 0.658. The van der Waals surface area contributed by atoms with Crippen molar-refractivity contribution in [3.05, 3.63) is 114 Å². The third kappa shape index (κ3) is 12.2. The number of carbonyl (C=O) groups excluding carboxylic acids is 1. The Labute approximate surface area is 369 Å². The Kier molecular flexibility index (Phi) is 17.8. The van der Waals surface area contributed by atoms with Crippen LogP contribution in [0.1, 0.15) is 30.4 Å². The van der Waals surface area contributed by atoms with Crippen LogP contribution in [0.5, 0.6) is 0 Å². The van der Waals surface area contributed by atoms with Crippen molar-refractivity contribution in [2.75, 3.05) is 19.7 Å². The molecule has 0 bridgehead atoms. The van der Waals surface area contributed by atoms with Gasteiger partial charge in [-0.05, 0) is 52.5 Å². The summed E-state index contributed by atoms with van der Waals surface area (Å²) in [4.78, 5) is 26.0. The maximum atomic E-state index is 13.6. The smallest absolute Gasteiger partial charge is 0.410 e. The minimum atomic E-state index is -1.87. The second-order valence-corrected chi connectivity index (χ2v) is 15.6.